The molecule has 0 aliphatic carbocycles. The van der Waals surface area contributed by atoms with Gasteiger partial charge in [0.1, 0.15) is 6.04 Å². The van der Waals surface area contributed by atoms with Crippen LogP contribution in [-0.4, -0.2) is 34.3 Å². The number of nitrogens with zero attached hydrogens (tertiary/aromatic N) is 2. The van der Waals surface area contributed by atoms with Gasteiger partial charge in [-0.1, -0.05) is 6.07 Å². The van der Waals surface area contributed by atoms with Gasteiger partial charge >= 0.3 is 0 Å². The third-order valence-electron chi connectivity index (χ3n) is 3.10. The van der Waals surface area contributed by atoms with Crippen LogP contribution in [0.3, 0.4) is 0 Å². The van der Waals surface area contributed by atoms with Crippen LogP contribution in [0.4, 0.5) is 0 Å². The van der Waals surface area contributed by atoms with Gasteiger partial charge in [-0.05, 0) is 30.9 Å². The Bertz CT molecular complexity index is 433. The molecule has 2 amide bonds. The van der Waals surface area contributed by atoms with Crippen molar-refractivity contribution in [2.24, 2.45) is 5.73 Å². The molecule has 5 heteroatoms. The van der Waals surface area contributed by atoms with Crippen LogP contribution in [0.2, 0.25) is 0 Å². The first-order valence-electron chi connectivity index (χ1n) is 6.00. The number of amides is 2. The molecule has 0 saturated carbocycles. The summed E-state index contributed by atoms with van der Waals surface area (Å²) in [5.74, 6) is -0.546. The maximum absolute atomic E-state index is 12.0. The van der Waals surface area contributed by atoms with Crippen LogP contribution in [0.25, 0.3) is 0 Å². The van der Waals surface area contributed by atoms with Crippen LogP contribution in [0.5, 0.6) is 0 Å². The maximum atomic E-state index is 12.0. The average molecular weight is 246 g/mol. The highest BCUT2D eigenvalue weighted by Crippen LogP contribution is 2.18. The molecule has 2 rings (SSSR count). The van der Waals surface area contributed by atoms with E-state index in [9.17, 15) is 9.59 Å². The number of nitrogens with two attached hydrogens (primary N) is 1. The predicted octanol–water partition coefficient (Wildman–Crippen LogP) is 0.305. The molecule has 95 valence electrons. The Morgan fingerprint density at radius 2 is 2.39 bits per heavy atom. The molecule has 2 heterocycles. The van der Waals surface area contributed by atoms with Gasteiger partial charge in [0.2, 0.25) is 11.8 Å². The molecule has 5 nitrogen and oxygen atoms in total. The molecule has 1 saturated heterocycles. The van der Waals surface area contributed by atoms with Crippen LogP contribution in [-0.2, 0) is 16.0 Å². The number of aromatic nitrogens is 1. The number of likely N-dealkylation sites (tertiary alicyclic amines) is 1. The summed E-state index contributed by atoms with van der Waals surface area (Å²) in [5, 5.41) is 0. The summed E-state index contributed by atoms with van der Waals surface area (Å²) >= 11 is 0. The second kappa shape index (κ2) is 5.62. The largest absolute Gasteiger partial charge is 0.368 e. The van der Waals surface area contributed by atoms with Crippen molar-refractivity contribution in [1.82, 2.24) is 9.88 Å². The summed E-state index contributed by atoms with van der Waals surface area (Å²) in [5.41, 5.74) is 6.25. The molecule has 1 radical (unpaired) electrons. The van der Waals surface area contributed by atoms with Crippen LogP contribution in [0.1, 0.15) is 18.4 Å². The van der Waals surface area contributed by atoms with E-state index in [1.807, 2.05) is 12.1 Å². The lowest BCUT2D eigenvalue weighted by atomic mass is 10.1. The van der Waals surface area contributed by atoms with E-state index in [4.69, 9.17) is 5.73 Å². The monoisotopic (exact) mass is 246 g/mol. The molecule has 1 fully saturated rings. The van der Waals surface area contributed by atoms with E-state index in [0.717, 1.165) is 12.0 Å². The van der Waals surface area contributed by atoms with Crippen LogP contribution >= 0.6 is 0 Å². The zero-order valence-corrected chi connectivity index (χ0v) is 10.1. The molecule has 1 aliphatic rings. The molecule has 18 heavy (non-hydrogen) atoms. The first-order chi connectivity index (χ1) is 8.68. The fourth-order valence-corrected chi connectivity index (χ4v) is 2.17. The van der Waals surface area contributed by atoms with Crippen LogP contribution in [0, 0.1) is 6.42 Å². The van der Waals surface area contributed by atoms with Gasteiger partial charge in [-0.15, -0.1) is 0 Å². The molecule has 0 aromatic carbocycles. The molecule has 2 N–H and O–H groups in total. The van der Waals surface area contributed by atoms with Crippen molar-refractivity contribution in [3.8, 4) is 0 Å². The minimum absolute atomic E-state index is 0.125. The summed E-state index contributed by atoms with van der Waals surface area (Å²) in [4.78, 5) is 28.7. The normalized spacial score (nSPS) is 18.9. The standard InChI is InChI=1S/C13H16N3O2/c14-13(18)11-4-2-8-16(11)12(17)6-5-10-3-1-7-15-9-10/h1,3,6-7,9,11H,2,4-5,8H2,(H2,14,18). The number of pyridine rings is 1. The molecule has 1 unspecified atom stereocenters. The lowest BCUT2D eigenvalue weighted by molar-refractivity contribution is -0.134. The number of hydrogen-bond acceptors (Lipinski definition) is 3. The van der Waals surface area contributed by atoms with Crippen molar-refractivity contribution in [2.45, 2.75) is 25.3 Å². The lowest BCUT2D eigenvalue weighted by Gasteiger charge is -2.21. The van der Waals surface area contributed by atoms with Crippen molar-refractivity contribution in [3.63, 3.8) is 0 Å². The van der Waals surface area contributed by atoms with Crippen molar-refractivity contribution in [1.29, 1.82) is 0 Å². The SMILES string of the molecule is NC(=O)C1CCCN1C(=O)[CH]Cc1cccnc1. The summed E-state index contributed by atoms with van der Waals surface area (Å²) in [6, 6.07) is 3.30. The Morgan fingerprint density at radius 3 is 3.06 bits per heavy atom. The third kappa shape index (κ3) is 2.85. The number of rotatable bonds is 4. The average Bonchev–Trinajstić information content (AvgIpc) is 2.86. The molecule has 1 aromatic rings. The Labute approximate surface area is 106 Å². The maximum Gasteiger partial charge on any atom is 0.240 e. The Morgan fingerprint density at radius 1 is 1.56 bits per heavy atom. The zero-order valence-electron chi connectivity index (χ0n) is 10.1. The Hall–Kier alpha value is -1.91. The second-order valence-corrected chi connectivity index (χ2v) is 4.36. The van der Waals surface area contributed by atoms with Gasteiger partial charge in [-0.3, -0.25) is 14.6 Å². The van der Waals surface area contributed by atoms with Gasteiger partial charge < -0.3 is 10.6 Å². The van der Waals surface area contributed by atoms with Gasteiger partial charge in [-0.2, -0.15) is 0 Å². The quantitative estimate of drug-likeness (QED) is 0.830. The third-order valence-corrected chi connectivity index (χ3v) is 3.10. The predicted molar refractivity (Wildman–Crippen MR) is 66.2 cm³/mol. The van der Waals surface area contributed by atoms with E-state index in [1.165, 1.54) is 0 Å². The summed E-state index contributed by atoms with van der Waals surface area (Å²) in [6.07, 6.45) is 7.02. The van der Waals surface area contributed by atoms with E-state index < -0.39 is 11.9 Å². The molecule has 0 bridgehead atoms. The fraction of sp³-hybridized carbons (Fsp3) is 0.385. The van der Waals surface area contributed by atoms with Crippen molar-refractivity contribution in [3.05, 3.63) is 36.5 Å². The van der Waals surface area contributed by atoms with E-state index in [-0.39, 0.29) is 5.91 Å². The minimum Gasteiger partial charge on any atom is -0.368 e. The summed E-state index contributed by atoms with van der Waals surface area (Å²) in [6.45, 7) is 0.607. The highest BCUT2D eigenvalue weighted by atomic mass is 16.2. The molecule has 0 spiro atoms. The first-order valence-corrected chi connectivity index (χ1v) is 6.00. The van der Waals surface area contributed by atoms with Gasteiger partial charge in [0, 0.05) is 18.9 Å². The summed E-state index contributed by atoms with van der Waals surface area (Å²) < 4.78 is 0. The van der Waals surface area contributed by atoms with E-state index >= 15 is 0 Å². The fourth-order valence-electron chi connectivity index (χ4n) is 2.17. The van der Waals surface area contributed by atoms with Gasteiger partial charge in [0.05, 0.1) is 6.42 Å². The lowest BCUT2D eigenvalue weighted by Crippen LogP contribution is -2.43. The highest BCUT2D eigenvalue weighted by molar-refractivity contribution is 5.91. The van der Waals surface area contributed by atoms with E-state index in [1.54, 1.807) is 23.7 Å². The van der Waals surface area contributed by atoms with E-state index in [0.29, 0.717) is 19.4 Å². The van der Waals surface area contributed by atoms with Gasteiger partial charge in [-0.25, -0.2) is 0 Å². The van der Waals surface area contributed by atoms with E-state index in [2.05, 4.69) is 4.98 Å². The number of carbonyl (C=O) groups excluding carboxylic acids is 2. The Balaban J connectivity index is 1.90. The molecular weight excluding hydrogens is 230 g/mol. The first kappa shape index (κ1) is 12.5. The molecule has 1 aliphatic heterocycles. The zero-order chi connectivity index (χ0) is 13.0. The number of primary amides is 1. The number of carbonyl (C=O) groups is 2. The van der Waals surface area contributed by atoms with Crippen molar-refractivity contribution >= 4 is 11.8 Å². The Kier molecular flexibility index (Phi) is 3.92. The molecular formula is C13H16N3O2. The highest BCUT2D eigenvalue weighted by Gasteiger charge is 2.32. The van der Waals surface area contributed by atoms with Crippen LogP contribution < -0.4 is 5.73 Å². The minimum atomic E-state index is -0.442. The van der Waals surface area contributed by atoms with Gasteiger partial charge in [0.25, 0.3) is 0 Å². The topological polar surface area (TPSA) is 76.3 Å². The van der Waals surface area contributed by atoms with Crippen molar-refractivity contribution in [2.75, 3.05) is 6.54 Å². The van der Waals surface area contributed by atoms with Crippen LogP contribution in [0.15, 0.2) is 24.5 Å². The van der Waals surface area contributed by atoms with Gasteiger partial charge in [0.15, 0.2) is 0 Å². The second-order valence-electron chi connectivity index (χ2n) is 4.36. The summed E-state index contributed by atoms with van der Waals surface area (Å²) in [7, 11) is 0. The molecule has 1 aromatic heterocycles. The van der Waals surface area contributed by atoms with Crippen molar-refractivity contribution < 1.29 is 9.59 Å². The smallest absolute Gasteiger partial charge is 0.240 e. The number of hydrogen-bond donors (Lipinski definition) is 1. The molecule has 1 atom stereocenters.